The van der Waals surface area contributed by atoms with E-state index in [0.29, 0.717) is 22.6 Å². The first kappa shape index (κ1) is 16.7. The maximum absolute atomic E-state index is 11.3. The number of rotatable bonds is 5. The minimum Gasteiger partial charge on any atom is -0.338 e. The fourth-order valence-corrected chi connectivity index (χ4v) is 2.45. The molecule has 0 bridgehead atoms. The molecule has 0 amide bonds. The number of hydrogen-bond donors (Lipinski definition) is 3. The van der Waals surface area contributed by atoms with E-state index in [4.69, 9.17) is 22.3 Å². The van der Waals surface area contributed by atoms with Crippen molar-refractivity contribution >= 4 is 38.6 Å². The monoisotopic (exact) mass is 349 g/mol. The van der Waals surface area contributed by atoms with Crippen molar-refractivity contribution in [2.45, 2.75) is 0 Å². The van der Waals surface area contributed by atoms with Gasteiger partial charge in [-0.25, -0.2) is 13.4 Å². The Bertz CT molecular complexity index is 925. The number of allylic oxidation sites excluding steroid dienone is 1. The highest BCUT2D eigenvalue weighted by Crippen LogP contribution is 2.24. The molecule has 1 heterocycles. The molecule has 0 aliphatic rings. The van der Waals surface area contributed by atoms with E-state index in [1.165, 1.54) is 24.4 Å². The van der Waals surface area contributed by atoms with Crippen molar-refractivity contribution in [2.24, 2.45) is 0 Å². The zero-order valence-electron chi connectivity index (χ0n) is 12.0. The van der Waals surface area contributed by atoms with Gasteiger partial charge in [0.15, 0.2) is 0 Å². The minimum atomic E-state index is -3.45. The van der Waals surface area contributed by atoms with E-state index in [0.717, 1.165) is 6.26 Å². The molecule has 3 N–H and O–H groups in total. The number of nitrogens with zero attached hydrogens (tertiary/aromatic N) is 2. The Hall–Kier alpha value is -2.63. The average molecular weight is 350 g/mol. The first-order chi connectivity index (χ1) is 10.8. The molecule has 23 heavy (non-hydrogen) atoms. The van der Waals surface area contributed by atoms with Crippen LogP contribution in [-0.2, 0) is 10.0 Å². The lowest BCUT2D eigenvalue weighted by atomic mass is 10.1. The van der Waals surface area contributed by atoms with Gasteiger partial charge in [-0.2, -0.15) is 5.26 Å². The molecule has 0 fully saturated rings. The lowest BCUT2D eigenvalue weighted by Gasteiger charge is -2.06. The standard InChI is InChI=1S/C14H12ClN5O2S/c1-23(21,22)20-11-5-9(7-16)4-10(6-11)12-8-18-14(19-12)3-2-13(15)17/h2-6,8,17,20H,1H3,(H,18,19). The van der Waals surface area contributed by atoms with Crippen LogP contribution in [0, 0.1) is 16.7 Å². The number of nitriles is 1. The van der Waals surface area contributed by atoms with Crippen LogP contribution in [0.4, 0.5) is 5.69 Å². The molecule has 0 unspecified atom stereocenters. The zero-order valence-corrected chi connectivity index (χ0v) is 13.5. The van der Waals surface area contributed by atoms with Crippen molar-refractivity contribution < 1.29 is 8.42 Å². The summed E-state index contributed by atoms with van der Waals surface area (Å²) in [6.07, 6.45) is 5.47. The van der Waals surface area contributed by atoms with Crippen molar-refractivity contribution in [1.29, 1.82) is 10.7 Å². The highest BCUT2D eigenvalue weighted by Gasteiger charge is 2.08. The molecule has 0 atom stereocenters. The van der Waals surface area contributed by atoms with E-state index in [1.54, 1.807) is 12.1 Å². The molecule has 0 radical (unpaired) electrons. The highest BCUT2D eigenvalue weighted by atomic mass is 35.5. The largest absolute Gasteiger partial charge is 0.338 e. The van der Waals surface area contributed by atoms with Crippen LogP contribution in [0.2, 0.25) is 0 Å². The topological polar surface area (TPSA) is 122 Å². The molecule has 0 aliphatic heterocycles. The number of halogens is 1. The number of H-pyrrole nitrogens is 1. The molecule has 1 aromatic carbocycles. The highest BCUT2D eigenvalue weighted by molar-refractivity contribution is 7.92. The van der Waals surface area contributed by atoms with Gasteiger partial charge < -0.3 is 4.98 Å². The molecular weight excluding hydrogens is 338 g/mol. The Morgan fingerprint density at radius 3 is 2.83 bits per heavy atom. The molecule has 9 heteroatoms. The van der Waals surface area contributed by atoms with Gasteiger partial charge in [0.25, 0.3) is 0 Å². The molecule has 2 rings (SSSR count). The lowest BCUT2D eigenvalue weighted by molar-refractivity contribution is 0.607. The third-order valence-corrected chi connectivity index (χ3v) is 3.39. The predicted molar refractivity (Wildman–Crippen MR) is 89.8 cm³/mol. The smallest absolute Gasteiger partial charge is 0.229 e. The van der Waals surface area contributed by atoms with Gasteiger partial charge in [-0.1, -0.05) is 11.6 Å². The maximum Gasteiger partial charge on any atom is 0.229 e. The maximum atomic E-state index is 11.3. The number of benzene rings is 1. The second-order valence-corrected chi connectivity index (χ2v) is 6.80. The van der Waals surface area contributed by atoms with Crippen LogP contribution in [0.25, 0.3) is 17.3 Å². The van der Waals surface area contributed by atoms with Crippen LogP contribution in [-0.4, -0.2) is 29.8 Å². The fourth-order valence-electron chi connectivity index (χ4n) is 1.84. The number of anilines is 1. The predicted octanol–water partition coefficient (Wildman–Crippen LogP) is 2.55. The second-order valence-electron chi connectivity index (χ2n) is 4.65. The van der Waals surface area contributed by atoms with Crippen molar-refractivity contribution in [1.82, 2.24) is 9.97 Å². The van der Waals surface area contributed by atoms with Gasteiger partial charge in [-0.3, -0.25) is 10.1 Å². The Kier molecular flexibility index (Phi) is 4.83. The Labute approximate surface area is 138 Å². The molecule has 1 aromatic heterocycles. The fraction of sp³-hybridized carbons (Fsp3) is 0.0714. The van der Waals surface area contributed by atoms with E-state index in [9.17, 15) is 8.42 Å². The van der Waals surface area contributed by atoms with Crippen LogP contribution < -0.4 is 4.72 Å². The molecule has 2 aromatic rings. The van der Waals surface area contributed by atoms with Gasteiger partial charge in [-0.05, 0) is 30.4 Å². The summed E-state index contributed by atoms with van der Waals surface area (Å²) < 4.78 is 25.0. The summed E-state index contributed by atoms with van der Waals surface area (Å²) in [5, 5.41) is 16.1. The second kappa shape index (κ2) is 6.64. The van der Waals surface area contributed by atoms with Gasteiger partial charge in [0, 0.05) is 5.56 Å². The molecular formula is C14H12ClN5O2S. The summed E-state index contributed by atoms with van der Waals surface area (Å²) in [5.41, 5.74) is 1.79. The molecule has 7 nitrogen and oxygen atoms in total. The number of hydrogen-bond acceptors (Lipinski definition) is 5. The number of nitrogens with one attached hydrogen (secondary N) is 3. The summed E-state index contributed by atoms with van der Waals surface area (Å²) in [6.45, 7) is 0. The molecule has 0 spiro atoms. The van der Waals surface area contributed by atoms with Crippen molar-refractivity contribution in [2.75, 3.05) is 11.0 Å². The first-order valence-corrected chi connectivity index (χ1v) is 8.54. The number of sulfonamides is 1. The average Bonchev–Trinajstić information content (AvgIpc) is 2.91. The van der Waals surface area contributed by atoms with Gasteiger partial charge in [0.05, 0.1) is 35.5 Å². The van der Waals surface area contributed by atoms with Crippen LogP contribution in [0.5, 0.6) is 0 Å². The zero-order chi connectivity index (χ0) is 17.0. The van der Waals surface area contributed by atoms with Crippen molar-refractivity contribution in [3.8, 4) is 17.3 Å². The summed E-state index contributed by atoms with van der Waals surface area (Å²) in [4.78, 5) is 7.09. The van der Waals surface area contributed by atoms with Crippen molar-refractivity contribution in [3.05, 3.63) is 41.9 Å². The van der Waals surface area contributed by atoms with Crippen LogP contribution in [0.3, 0.4) is 0 Å². The quantitative estimate of drug-likeness (QED) is 0.717. The van der Waals surface area contributed by atoms with E-state index in [-0.39, 0.29) is 10.9 Å². The molecule has 0 aliphatic carbocycles. The molecule has 0 saturated heterocycles. The number of aromatic nitrogens is 2. The summed E-state index contributed by atoms with van der Waals surface area (Å²) in [6, 6.07) is 6.62. The Balaban J connectivity index is 2.41. The van der Waals surface area contributed by atoms with Crippen LogP contribution in [0.1, 0.15) is 11.4 Å². The minimum absolute atomic E-state index is 0.130. The van der Waals surface area contributed by atoms with E-state index in [1.807, 2.05) is 6.07 Å². The third-order valence-electron chi connectivity index (χ3n) is 2.66. The summed E-state index contributed by atoms with van der Waals surface area (Å²) in [5.74, 6) is 0.477. The summed E-state index contributed by atoms with van der Waals surface area (Å²) >= 11 is 5.43. The van der Waals surface area contributed by atoms with E-state index >= 15 is 0 Å². The lowest BCUT2D eigenvalue weighted by Crippen LogP contribution is -2.09. The first-order valence-electron chi connectivity index (χ1n) is 6.27. The third kappa shape index (κ3) is 4.95. The number of imidazole rings is 1. The summed E-state index contributed by atoms with van der Waals surface area (Å²) in [7, 11) is -3.45. The Morgan fingerprint density at radius 1 is 1.48 bits per heavy atom. The SMILES string of the molecule is CS(=O)(=O)Nc1cc(C#N)cc(-c2cnc(C=CC(=N)Cl)[nH]2)c1. The molecule has 118 valence electrons. The van der Waals surface area contributed by atoms with E-state index < -0.39 is 10.0 Å². The van der Waals surface area contributed by atoms with Gasteiger partial charge >= 0.3 is 0 Å². The van der Waals surface area contributed by atoms with Gasteiger partial charge in [0.2, 0.25) is 10.0 Å². The Morgan fingerprint density at radius 2 is 2.22 bits per heavy atom. The van der Waals surface area contributed by atoms with E-state index in [2.05, 4.69) is 14.7 Å². The van der Waals surface area contributed by atoms with Crippen molar-refractivity contribution in [3.63, 3.8) is 0 Å². The normalized spacial score (nSPS) is 11.3. The molecule has 0 saturated carbocycles. The van der Waals surface area contributed by atoms with Gasteiger partial charge in [0.1, 0.15) is 11.0 Å². The van der Waals surface area contributed by atoms with Crippen LogP contribution in [0.15, 0.2) is 30.5 Å². The van der Waals surface area contributed by atoms with Crippen LogP contribution >= 0.6 is 11.6 Å². The number of aromatic amines is 1. The van der Waals surface area contributed by atoms with Gasteiger partial charge in [-0.15, -0.1) is 0 Å².